The summed E-state index contributed by atoms with van der Waals surface area (Å²) < 4.78 is 7.24. The van der Waals surface area contributed by atoms with E-state index < -0.39 is 5.97 Å². The number of hydrogen-bond donors (Lipinski definition) is 2. The van der Waals surface area contributed by atoms with Crippen LogP contribution in [0.5, 0.6) is 5.88 Å². The molecule has 0 bridgehead atoms. The molecule has 0 aromatic carbocycles. The quantitative estimate of drug-likeness (QED) is 0.823. The third-order valence-corrected chi connectivity index (χ3v) is 4.23. The maximum Gasteiger partial charge on any atom is 0.306 e. The van der Waals surface area contributed by atoms with E-state index in [1.165, 1.54) is 17.1 Å². The molecule has 2 aromatic heterocycles. The smallest absolute Gasteiger partial charge is 0.306 e. The normalized spacial score (nSPS) is 20.8. The predicted molar refractivity (Wildman–Crippen MR) is 82.0 cm³/mol. The lowest BCUT2D eigenvalue weighted by Gasteiger charge is -2.26. The first-order valence-corrected chi connectivity index (χ1v) is 7.79. The highest BCUT2D eigenvalue weighted by Crippen LogP contribution is 2.27. The van der Waals surface area contributed by atoms with Crippen LogP contribution in [-0.4, -0.2) is 47.2 Å². The minimum Gasteiger partial charge on any atom is -0.481 e. The van der Waals surface area contributed by atoms with Gasteiger partial charge in [-0.05, 0) is 25.7 Å². The van der Waals surface area contributed by atoms with E-state index >= 15 is 0 Å². The summed E-state index contributed by atoms with van der Waals surface area (Å²) in [4.78, 5) is 19.6. The van der Waals surface area contributed by atoms with Crippen LogP contribution in [0.2, 0.25) is 0 Å². The van der Waals surface area contributed by atoms with Crippen LogP contribution < -0.4 is 4.74 Å². The molecular formula is C15H19N5O4. The lowest BCUT2D eigenvalue weighted by atomic mass is 9.87. The maximum absolute atomic E-state index is 11.1. The summed E-state index contributed by atoms with van der Waals surface area (Å²) in [5, 5.41) is 26.3. The second-order valence-electron chi connectivity index (χ2n) is 5.85. The third-order valence-electron chi connectivity index (χ3n) is 4.23. The van der Waals surface area contributed by atoms with E-state index in [0.717, 1.165) is 12.8 Å². The number of carbonyl (C=O) groups is 1. The molecule has 2 N–H and O–H groups in total. The minimum atomic E-state index is -0.774. The Kier molecular flexibility index (Phi) is 4.70. The summed E-state index contributed by atoms with van der Waals surface area (Å²) in [7, 11) is 1.69. The van der Waals surface area contributed by atoms with Gasteiger partial charge in [-0.25, -0.2) is 14.6 Å². The number of aliphatic hydroxyl groups excluding tert-OH is 1. The summed E-state index contributed by atoms with van der Waals surface area (Å²) in [6.07, 6.45) is 5.64. The number of carboxylic acids is 1. The Balaban J connectivity index is 1.69. The number of nitrogens with zero attached hydrogens (tertiary/aromatic N) is 5. The Morgan fingerprint density at radius 3 is 2.88 bits per heavy atom. The summed E-state index contributed by atoms with van der Waals surface area (Å²) in [5.41, 5.74) is 1.52. The summed E-state index contributed by atoms with van der Waals surface area (Å²) in [5.74, 6) is -0.782. The number of hydrogen-bond acceptors (Lipinski definition) is 7. The summed E-state index contributed by atoms with van der Waals surface area (Å²) in [6.45, 7) is -0.197. The number of aryl methyl sites for hydroxylation is 1. The van der Waals surface area contributed by atoms with Crippen molar-refractivity contribution in [1.29, 1.82) is 0 Å². The highest BCUT2D eigenvalue weighted by molar-refractivity contribution is 5.70. The minimum absolute atomic E-state index is 0.162. The summed E-state index contributed by atoms with van der Waals surface area (Å²) >= 11 is 0. The van der Waals surface area contributed by atoms with E-state index in [2.05, 4.69) is 20.3 Å². The molecule has 128 valence electrons. The zero-order valence-corrected chi connectivity index (χ0v) is 13.3. The molecule has 2 atom stereocenters. The van der Waals surface area contributed by atoms with Gasteiger partial charge in [0.2, 0.25) is 5.88 Å². The number of ether oxygens (including phenoxy) is 1. The van der Waals surface area contributed by atoms with Crippen LogP contribution >= 0.6 is 0 Å². The fourth-order valence-electron chi connectivity index (χ4n) is 2.90. The van der Waals surface area contributed by atoms with Gasteiger partial charge in [0, 0.05) is 7.05 Å². The third kappa shape index (κ3) is 3.35. The van der Waals surface area contributed by atoms with Gasteiger partial charge >= 0.3 is 5.97 Å². The lowest BCUT2D eigenvalue weighted by Crippen LogP contribution is -2.29. The molecule has 3 rings (SSSR count). The van der Waals surface area contributed by atoms with Crippen molar-refractivity contribution in [3.8, 4) is 17.3 Å². The lowest BCUT2D eigenvalue weighted by molar-refractivity contribution is -0.143. The molecule has 1 fully saturated rings. The maximum atomic E-state index is 11.1. The first kappa shape index (κ1) is 16.3. The molecule has 0 saturated heterocycles. The van der Waals surface area contributed by atoms with E-state index in [0.29, 0.717) is 35.8 Å². The van der Waals surface area contributed by atoms with Crippen molar-refractivity contribution in [3.63, 3.8) is 0 Å². The van der Waals surface area contributed by atoms with Crippen LogP contribution in [0.1, 0.15) is 31.4 Å². The Bertz CT molecular complexity index is 715. The molecule has 9 heteroatoms. The highest BCUT2D eigenvalue weighted by atomic mass is 16.5. The molecule has 0 amide bonds. The number of aliphatic carboxylic acids is 1. The number of aliphatic hydroxyl groups is 1. The number of aromatic nitrogens is 5. The van der Waals surface area contributed by atoms with Crippen molar-refractivity contribution in [2.45, 2.75) is 38.4 Å². The van der Waals surface area contributed by atoms with Gasteiger partial charge in [0.1, 0.15) is 17.5 Å². The first-order valence-electron chi connectivity index (χ1n) is 7.79. The Labute approximate surface area is 138 Å². The van der Waals surface area contributed by atoms with Crippen LogP contribution in [-0.2, 0) is 18.4 Å². The SMILES string of the molecule is Cn1nnc(-c2cnc(O[C@H]3CCC[C@H](C(=O)O)C3)cn2)c1CO. The van der Waals surface area contributed by atoms with Gasteiger partial charge in [0.25, 0.3) is 0 Å². The van der Waals surface area contributed by atoms with Crippen molar-refractivity contribution >= 4 is 5.97 Å². The molecule has 1 aliphatic carbocycles. The standard InChI is InChI=1S/C15H19N5O4/c1-20-12(8-21)14(18-19-20)11-6-17-13(7-16-11)24-10-4-2-3-9(5-10)15(22)23/h6-7,9-10,21H,2-5,8H2,1H3,(H,22,23)/t9-,10-/m0/s1. The van der Waals surface area contributed by atoms with E-state index in [1.807, 2.05) is 0 Å². The zero-order chi connectivity index (χ0) is 17.1. The van der Waals surface area contributed by atoms with Crippen molar-refractivity contribution in [1.82, 2.24) is 25.0 Å². The zero-order valence-electron chi connectivity index (χ0n) is 13.3. The van der Waals surface area contributed by atoms with Crippen LogP contribution in [0.25, 0.3) is 11.4 Å². The van der Waals surface area contributed by atoms with Crippen LogP contribution in [0.3, 0.4) is 0 Å². The molecule has 2 heterocycles. The predicted octanol–water partition coefficient (Wildman–Crippen LogP) is 0.787. The van der Waals surface area contributed by atoms with Crippen LogP contribution in [0.4, 0.5) is 0 Å². The van der Waals surface area contributed by atoms with Crippen molar-refractivity contribution in [2.75, 3.05) is 0 Å². The van der Waals surface area contributed by atoms with Crippen molar-refractivity contribution < 1.29 is 19.7 Å². The van der Waals surface area contributed by atoms with Gasteiger partial charge in [0.05, 0.1) is 30.6 Å². The molecule has 9 nitrogen and oxygen atoms in total. The summed E-state index contributed by atoms with van der Waals surface area (Å²) in [6, 6.07) is 0. The largest absolute Gasteiger partial charge is 0.481 e. The van der Waals surface area contributed by atoms with Crippen molar-refractivity contribution in [3.05, 3.63) is 18.1 Å². The van der Waals surface area contributed by atoms with Gasteiger partial charge in [-0.3, -0.25) is 4.79 Å². The average Bonchev–Trinajstić information content (AvgIpc) is 2.96. The average molecular weight is 333 g/mol. The van der Waals surface area contributed by atoms with Gasteiger partial charge in [-0.2, -0.15) is 0 Å². The molecule has 1 saturated carbocycles. The fourth-order valence-corrected chi connectivity index (χ4v) is 2.90. The van der Waals surface area contributed by atoms with Crippen LogP contribution in [0.15, 0.2) is 12.4 Å². The van der Waals surface area contributed by atoms with Crippen LogP contribution in [0, 0.1) is 5.92 Å². The Morgan fingerprint density at radius 1 is 1.38 bits per heavy atom. The molecule has 0 aliphatic heterocycles. The van der Waals surface area contributed by atoms with Gasteiger partial charge in [-0.1, -0.05) is 5.21 Å². The molecule has 2 aromatic rings. The van der Waals surface area contributed by atoms with Crippen molar-refractivity contribution in [2.24, 2.45) is 13.0 Å². The monoisotopic (exact) mass is 333 g/mol. The molecule has 24 heavy (non-hydrogen) atoms. The van der Waals surface area contributed by atoms with E-state index in [9.17, 15) is 9.90 Å². The van der Waals surface area contributed by atoms with Gasteiger partial charge in [0.15, 0.2) is 0 Å². The fraction of sp³-hybridized carbons (Fsp3) is 0.533. The molecule has 0 unspecified atom stereocenters. The molecule has 1 aliphatic rings. The first-order chi connectivity index (χ1) is 11.6. The van der Waals surface area contributed by atoms with Gasteiger partial charge < -0.3 is 14.9 Å². The second kappa shape index (κ2) is 6.91. The molecule has 0 radical (unpaired) electrons. The Hall–Kier alpha value is -2.55. The van der Waals surface area contributed by atoms with E-state index in [4.69, 9.17) is 9.84 Å². The van der Waals surface area contributed by atoms with E-state index in [-0.39, 0.29) is 18.6 Å². The number of carboxylic acid groups (broad SMARTS) is 1. The molecular weight excluding hydrogens is 314 g/mol. The highest BCUT2D eigenvalue weighted by Gasteiger charge is 2.28. The van der Waals surface area contributed by atoms with E-state index in [1.54, 1.807) is 7.05 Å². The Morgan fingerprint density at radius 2 is 2.21 bits per heavy atom. The topological polar surface area (TPSA) is 123 Å². The number of rotatable bonds is 5. The van der Waals surface area contributed by atoms with Gasteiger partial charge in [-0.15, -0.1) is 5.10 Å². The second-order valence-corrected chi connectivity index (χ2v) is 5.85. The molecule has 0 spiro atoms.